The average molecular weight is 143 g/mol. The van der Waals surface area contributed by atoms with E-state index in [-0.39, 0.29) is 0 Å². The average Bonchev–Trinajstić information content (AvgIpc) is 2.18. The maximum absolute atomic E-state index is 7.28. The van der Waals surface area contributed by atoms with Crippen molar-refractivity contribution in [3.63, 3.8) is 0 Å². The van der Waals surface area contributed by atoms with Gasteiger partial charge in [0, 0.05) is 24.7 Å². The molecule has 0 aliphatic heterocycles. The molecule has 3 N–H and O–H groups in total. The van der Waals surface area contributed by atoms with Crippen molar-refractivity contribution < 1.29 is 0 Å². The Balaban J connectivity index is 2.81. The highest BCUT2D eigenvalue weighted by Crippen LogP contribution is 1.86. The fourth-order valence-corrected chi connectivity index (χ4v) is 1.24. The van der Waals surface area contributed by atoms with Gasteiger partial charge in [-0.15, -0.1) is 11.3 Å². The minimum atomic E-state index is 0.570. The second-order valence-electron chi connectivity index (χ2n) is 1.69. The van der Waals surface area contributed by atoms with Crippen molar-refractivity contribution in [2.24, 2.45) is 5.73 Å². The van der Waals surface area contributed by atoms with Crippen LogP contribution in [0.3, 0.4) is 0 Å². The van der Waals surface area contributed by atoms with Gasteiger partial charge in [0.15, 0.2) is 4.80 Å². The van der Waals surface area contributed by atoms with E-state index >= 15 is 0 Å². The molecule has 0 saturated carbocycles. The molecular formula is C5H9N3S. The minimum absolute atomic E-state index is 0.570. The second kappa shape index (κ2) is 2.80. The van der Waals surface area contributed by atoms with Crippen LogP contribution in [0.4, 0.5) is 0 Å². The molecule has 1 aromatic heterocycles. The molecule has 0 aromatic carbocycles. The van der Waals surface area contributed by atoms with Crippen molar-refractivity contribution in [1.82, 2.24) is 4.57 Å². The number of nitrogens with zero attached hydrogens (tertiary/aromatic N) is 1. The number of rotatable bonds is 2. The summed E-state index contributed by atoms with van der Waals surface area (Å²) in [7, 11) is 0. The largest absolute Gasteiger partial charge is 0.329 e. The highest BCUT2D eigenvalue weighted by Gasteiger charge is 1.88. The Bertz CT molecular complexity index is 224. The maximum atomic E-state index is 7.28. The summed E-state index contributed by atoms with van der Waals surface area (Å²) >= 11 is 1.42. The van der Waals surface area contributed by atoms with E-state index < -0.39 is 0 Å². The van der Waals surface area contributed by atoms with Gasteiger partial charge in [0.1, 0.15) is 0 Å². The van der Waals surface area contributed by atoms with Gasteiger partial charge in [-0.1, -0.05) is 0 Å². The van der Waals surface area contributed by atoms with E-state index in [4.69, 9.17) is 11.1 Å². The zero-order chi connectivity index (χ0) is 6.69. The Morgan fingerprint density at radius 2 is 2.56 bits per heavy atom. The van der Waals surface area contributed by atoms with Gasteiger partial charge in [-0.25, -0.2) is 0 Å². The molecule has 1 aromatic rings. The first-order chi connectivity index (χ1) is 4.34. The van der Waals surface area contributed by atoms with E-state index in [0.717, 1.165) is 6.54 Å². The van der Waals surface area contributed by atoms with E-state index in [0.29, 0.717) is 11.3 Å². The molecule has 0 amide bonds. The molecule has 0 fully saturated rings. The zero-order valence-electron chi connectivity index (χ0n) is 5.00. The lowest BCUT2D eigenvalue weighted by molar-refractivity contribution is 0.682. The summed E-state index contributed by atoms with van der Waals surface area (Å²) in [5, 5.41) is 9.17. The fourth-order valence-electron chi connectivity index (χ4n) is 0.619. The first kappa shape index (κ1) is 6.51. The van der Waals surface area contributed by atoms with E-state index in [9.17, 15) is 0 Å². The van der Waals surface area contributed by atoms with Crippen molar-refractivity contribution in [3.8, 4) is 0 Å². The summed E-state index contributed by atoms with van der Waals surface area (Å²) in [6.45, 7) is 1.36. The number of hydrogen-bond donors (Lipinski definition) is 2. The van der Waals surface area contributed by atoms with E-state index in [1.165, 1.54) is 11.3 Å². The van der Waals surface area contributed by atoms with Crippen LogP contribution >= 0.6 is 11.3 Å². The third kappa shape index (κ3) is 1.40. The number of hydrogen-bond acceptors (Lipinski definition) is 3. The summed E-state index contributed by atoms with van der Waals surface area (Å²) in [5.74, 6) is 0. The van der Waals surface area contributed by atoms with Gasteiger partial charge in [0.2, 0.25) is 0 Å². The molecule has 1 heterocycles. The standard InChI is InChI=1S/C5H9N3S/c6-1-2-8-3-4-9-5(8)7/h3-4,7H,1-2,6H2. The molecule has 0 bridgehead atoms. The van der Waals surface area contributed by atoms with Gasteiger partial charge < -0.3 is 10.3 Å². The fraction of sp³-hybridized carbons (Fsp3) is 0.400. The Morgan fingerprint density at radius 1 is 1.78 bits per heavy atom. The van der Waals surface area contributed by atoms with Crippen LogP contribution in [0.15, 0.2) is 11.6 Å². The third-order valence-corrected chi connectivity index (χ3v) is 1.77. The van der Waals surface area contributed by atoms with Crippen LogP contribution in [-0.2, 0) is 6.54 Å². The van der Waals surface area contributed by atoms with Gasteiger partial charge in [-0.3, -0.25) is 5.41 Å². The zero-order valence-corrected chi connectivity index (χ0v) is 5.82. The lowest BCUT2D eigenvalue weighted by atomic mass is 10.6. The van der Waals surface area contributed by atoms with Crippen LogP contribution in [0, 0.1) is 5.41 Å². The molecule has 0 aliphatic rings. The minimum Gasteiger partial charge on any atom is -0.329 e. The smallest absolute Gasteiger partial charge is 0.181 e. The number of nitrogens with two attached hydrogens (primary N) is 1. The lowest BCUT2D eigenvalue weighted by Crippen LogP contribution is -2.17. The molecule has 0 saturated heterocycles. The Kier molecular flexibility index (Phi) is 2.02. The number of nitrogens with one attached hydrogen (secondary N) is 1. The molecule has 9 heavy (non-hydrogen) atoms. The van der Waals surface area contributed by atoms with Gasteiger partial charge in [-0.05, 0) is 0 Å². The quantitative estimate of drug-likeness (QED) is 0.601. The Morgan fingerprint density at radius 3 is 3.00 bits per heavy atom. The summed E-state index contributed by atoms with van der Waals surface area (Å²) in [5.41, 5.74) is 5.29. The van der Waals surface area contributed by atoms with E-state index in [1.807, 2.05) is 16.1 Å². The molecular weight excluding hydrogens is 134 g/mol. The van der Waals surface area contributed by atoms with Crippen molar-refractivity contribution in [1.29, 1.82) is 5.41 Å². The van der Waals surface area contributed by atoms with Crippen LogP contribution in [0.1, 0.15) is 0 Å². The summed E-state index contributed by atoms with van der Waals surface area (Å²) < 4.78 is 1.82. The topological polar surface area (TPSA) is 54.8 Å². The third-order valence-electron chi connectivity index (χ3n) is 1.05. The van der Waals surface area contributed by atoms with Crippen LogP contribution in [0.25, 0.3) is 0 Å². The molecule has 0 aliphatic carbocycles. The summed E-state index contributed by atoms with van der Waals surface area (Å²) in [4.78, 5) is 0.570. The van der Waals surface area contributed by atoms with Gasteiger partial charge in [0.05, 0.1) is 0 Å². The SMILES string of the molecule is N=c1sccn1CCN. The second-order valence-corrected chi connectivity index (χ2v) is 2.58. The molecule has 0 radical (unpaired) electrons. The number of aromatic nitrogens is 1. The number of thiazole rings is 1. The normalized spacial score (nSPS) is 9.89. The van der Waals surface area contributed by atoms with Crippen molar-refractivity contribution in [2.75, 3.05) is 6.54 Å². The van der Waals surface area contributed by atoms with Crippen molar-refractivity contribution in [2.45, 2.75) is 6.54 Å². The van der Waals surface area contributed by atoms with Crippen LogP contribution in [-0.4, -0.2) is 11.1 Å². The predicted molar refractivity (Wildman–Crippen MR) is 37.2 cm³/mol. The molecule has 1 rings (SSSR count). The molecule has 50 valence electrons. The molecule has 4 heteroatoms. The molecule has 0 spiro atoms. The van der Waals surface area contributed by atoms with Crippen molar-refractivity contribution in [3.05, 3.63) is 16.4 Å². The van der Waals surface area contributed by atoms with Gasteiger partial charge >= 0.3 is 0 Å². The summed E-state index contributed by atoms with van der Waals surface area (Å²) in [6, 6.07) is 0. The highest BCUT2D eigenvalue weighted by molar-refractivity contribution is 7.06. The Hall–Kier alpha value is -0.610. The van der Waals surface area contributed by atoms with Crippen LogP contribution in [0.2, 0.25) is 0 Å². The van der Waals surface area contributed by atoms with Crippen LogP contribution in [0.5, 0.6) is 0 Å². The van der Waals surface area contributed by atoms with Gasteiger partial charge in [0.25, 0.3) is 0 Å². The Labute approximate surface area is 57.3 Å². The van der Waals surface area contributed by atoms with E-state index in [2.05, 4.69) is 0 Å². The predicted octanol–water partition coefficient (Wildman–Crippen LogP) is -0.0122. The molecule has 0 atom stereocenters. The molecule has 0 unspecified atom stereocenters. The lowest BCUT2D eigenvalue weighted by Gasteiger charge is -1.94. The van der Waals surface area contributed by atoms with Crippen LogP contribution < -0.4 is 10.5 Å². The first-order valence-electron chi connectivity index (χ1n) is 2.73. The molecule has 3 nitrogen and oxygen atoms in total. The summed E-state index contributed by atoms with van der Waals surface area (Å²) in [6.07, 6.45) is 1.87. The maximum Gasteiger partial charge on any atom is 0.181 e. The monoisotopic (exact) mass is 143 g/mol. The highest BCUT2D eigenvalue weighted by atomic mass is 32.1. The first-order valence-corrected chi connectivity index (χ1v) is 3.61. The van der Waals surface area contributed by atoms with Crippen molar-refractivity contribution >= 4 is 11.3 Å². The van der Waals surface area contributed by atoms with E-state index in [1.54, 1.807) is 0 Å². The van der Waals surface area contributed by atoms with Gasteiger partial charge in [-0.2, -0.15) is 0 Å².